The average molecular weight is 360 g/mol. The van der Waals surface area contributed by atoms with Gasteiger partial charge in [-0.1, -0.05) is 6.92 Å². The summed E-state index contributed by atoms with van der Waals surface area (Å²) in [6.45, 7) is 8.72. The van der Waals surface area contributed by atoms with Gasteiger partial charge in [0.25, 0.3) is 6.02 Å². The van der Waals surface area contributed by atoms with E-state index >= 15 is 0 Å². The van der Waals surface area contributed by atoms with Crippen molar-refractivity contribution >= 4 is 12.7 Å². The van der Waals surface area contributed by atoms with Crippen LogP contribution in [0.25, 0.3) is 0 Å². The molecule has 2 atom stereocenters. The molecule has 3 aliphatic heterocycles. The molecule has 0 aromatic rings. The molecule has 0 unspecified atom stereocenters. The summed E-state index contributed by atoms with van der Waals surface area (Å²) in [5.41, 5.74) is 2.12. The van der Waals surface area contributed by atoms with Crippen LogP contribution in [0.4, 0.5) is 0 Å². The molecule has 26 heavy (non-hydrogen) atoms. The fourth-order valence-electron chi connectivity index (χ4n) is 3.64. The van der Waals surface area contributed by atoms with Crippen molar-refractivity contribution in [3.63, 3.8) is 0 Å². The monoisotopic (exact) mass is 360 g/mol. The molecule has 142 valence electrons. The first kappa shape index (κ1) is 17.5. The van der Waals surface area contributed by atoms with Gasteiger partial charge in [0.2, 0.25) is 5.79 Å². The molecule has 7 nitrogen and oxygen atoms in total. The molecule has 1 aliphatic carbocycles. The van der Waals surface area contributed by atoms with Crippen LogP contribution in [0.3, 0.4) is 0 Å². The van der Waals surface area contributed by atoms with Crippen molar-refractivity contribution in [3.8, 4) is 0 Å². The van der Waals surface area contributed by atoms with Gasteiger partial charge in [-0.25, -0.2) is 9.98 Å². The Morgan fingerprint density at radius 3 is 3.12 bits per heavy atom. The highest BCUT2D eigenvalue weighted by Crippen LogP contribution is 2.38. The van der Waals surface area contributed by atoms with Crippen LogP contribution in [0.5, 0.6) is 0 Å². The number of fused-ring (bicyclic) bond motifs is 1. The molecule has 7 heteroatoms. The first-order valence-corrected chi connectivity index (χ1v) is 9.63. The maximum atomic E-state index is 6.09. The summed E-state index contributed by atoms with van der Waals surface area (Å²) in [6, 6.07) is 0.517. The van der Waals surface area contributed by atoms with Gasteiger partial charge in [0.15, 0.2) is 0 Å². The predicted molar refractivity (Wildman–Crippen MR) is 99.9 cm³/mol. The molecular weight excluding hydrogens is 332 g/mol. The molecule has 2 saturated heterocycles. The van der Waals surface area contributed by atoms with Gasteiger partial charge >= 0.3 is 0 Å². The molecular formula is C19H28N4O3. The second-order valence-electron chi connectivity index (χ2n) is 7.29. The molecule has 0 aromatic carbocycles. The van der Waals surface area contributed by atoms with Gasteiger partial charge in [-0.05, 0) is 43.5 Å². The van der Waals surface area contributed by atoms with Crippen LogP contribution < -0.4 is 10.6 Å². The highest BCUT2D eigenvalue weighted by atomic mass is 16.7. The smallest absolute Gasteiger partial charge is 0.292 e. The van der Waals surface area contributed by atoms with Crippen molar-refractivity contribution in [2.75, 3.05) is 26.3 Å². The maximum Gasteiger partial charge on any atom is 0.292 e. The van der Waals surface area contributed by atoms with Crippen molar-refractivity contribution in [3.05, 3.63) is 23.2 Å². The lowest BCUT2D eigenvalue weighted by atomic mass is 10.1. The Bertz CT molecular complexity index is 641. The van der Waals surface area contributed by atoms with Gasteiger partial charge in [0.1, 0.15) is 11.9 Å². The quantitative estimate of drug-likeness (QED) is 0.680. The van der Waals surface area contributed by atoms with Crippen molar-refractivity contribution < 1.29 is 14.2 Å². The second-order valence-corrected chi connectivity index (χ2v) is 7.29. The molecule has 0 radical (unpaired) electrons. The second kappa shape index (κ2) is 7.40. The highest BCUT2D eigenvalue weighted by Gasteiger charge is 2.52. The minimum absolute atomic E-state index is 0.00863. The van der Waals surface area contributed by atoms with Crippen LogP contribution in [0.15, 0.2) is 33.2 Å². The summed E-state index contributed by atoms with van der Waals surface area (Å²) in [5, 5.41) is 6.70. The lowest BCUT2D eigenvalue weighted by Gasteiger charge is -2.27. The number of hydrogen-bond donors (Lipinski definition) is 2. The summed E-state index contributed by atoms with van der Waals surface area (Å²) in [5.74, 6) is 0.993. The third-order valence-corrected chi connectivity index (χ3v) is 5.36. The van der Waals surface area contributed by atoms with E-state index in [9.17, 15) is 0 Å². The Hall–Kier alpha value is -1.86. The number of nitrogens with one attached hydrogen (secondary N) is 2. The zero-order valence-electron chi connectivity index (χ0n) is 15.4. The summed E-state index contributed by atoms with van der Waals surface area (Å²) < 4.78 is 17.7. The molecule has 3 fully saturated rings. The number of aliphatic imine (C=N–C) groups is 2. The van der Waals surface area contributed by atoms with E-state index in [4.69, 9.17) is 14.2 Å². The Balaban J connectivity index is 1.40. The molecule has 3 heterocycles. The average Bonchev–Trinajstić information content (AvgIpc) is 3.04. The van der Waals surface area contributed by atoms with Gasteiger partial charge in [-0.15, -0.1) is 0 Å². The van der Waals surface area contributed by atoms with E-state index in [0.29, 0.717) is 25.8 Å². The van der Waals surface area contributed by atoms with Crippen molar-refractivity contribution in [1.82, 2.24) is 10.6 Å². The maximum absolute atomic E-state index is 6.09. The normalized spacial score (nSPS) is 32.7. The van der Waals surface area contributed by atoms with Crippen LogP contribution in [-0.4, -0.2) is 50.9 Å². The molecule has 0 spiro atoms. The van der Waals surface area contributed by atoms with Gasteiger partial charge in [-0.2, -0.15) is 0 Å². The third kappa shape index (κ3) is 3.64. The number of allylic oxidation sites excluding steroid dienone is 2. The number of rotatable bonds is 7. The summed E-state index contributed by atoms with van der Waals surface area (Å²) in [6.07, 6.45) is 7.21. The first-order chi connectivity index (χ1) is 12.7. The Morgan fingerprint density at radius 1 is 1.46 bits per heavy atom. The molecule has 0 aromatic heterocycles. The van der Waals surface area contributed by atoms with Crippen LogP contribution in [0.1, 0.15) is 39.0 Å². The fraction of sp³-hybridized carbons (Fsp3) is 0.684. The number of amidine groups is 1. The summed E-state index contributed by atoms with van der Waals surface area (Å²) in [4.78, 5) is 8.67. The standard InChI is InChI=1S/C19H28N4O3/c1-3-14(17(20-2)21-11-13-4-5-13)10-15-12-22-18(23-15)26-19-7-9-24-16(19)6-8-25-19/h10,13,16,21H,2-9,11-12H2,1H3,(H,22,23)/b15-10+,17-14+/t16-,19+/m1/s1. The first-order valence-electron chi connectivity index (χ1n) is 9.63. The molecule has 2 N–H and O–H groups in total. The predicted octanol–water partition coefficient (Wildman–Crippen LogP) is 2.07. The molecule has 0 amide bonds. The topological polar surface area (TPSA) is 76.5 Å². The largest absolute Gasteiger partial charge is 0.429 e. The Morgan fingerprint density at radius 2 is 2.35 bits per heavy atom. The van der Waals surface area contributed by atoms with E-state index in [1.54, 1.807) is 0 Å². The van der Waals surface area contributed by atoms with Crippen LogP contribution in [-0.2, 0) is 14.2 Å². The fourth-order valence-corrected chi connectivity index (χ4v) is 3.64. The molecule has 0 bridgehead atoms. The van der Waals surface area contributed by atoms with Crippen LogP contribution in [0.2, 0.25) is 0 Å². The zero-order chi connectivity index (χ0) is 18.0. The van der Waals surface area contributed by atoms with Gasteiger partial charge < -0.3 is 24.8 Å². The van der Waals surface area contributed by atoms with E-state index in [2.05, 4.69) is 40.3 Å². The number of hydrogen-bond acceptors (Lipinski definition) is 7. The summed E-state index contributed by atoms with van der Waals surface area (Å²) in [7, 11) is 0. The van der Waals surface area contributed by atoms with Gasteiger partial charge in [-0.3, -0.25) is 0 Å². The number of nitrogens with zero attached hydrogens (tertiary/aromatic N) is 2. The zero-order valence-corrected chi connectivity index (χ0v) is 15.4. The summed E-state index contributed by atoms with van der Waals surface area (Å²) >= 11 is 0. The van der Waals surface area contributed by atoms with Gasteiger partial charge in [0, 0.05) is 25.1 Å². The molecule has 1 saturated carbocycles. The minimum Gasteiger partial charge on any atom is -0.429 e. The lowest BCUT2D eigenvalue weighted by molar-refractivity contribution is -0.174. The van der Waals surface area contributed by atoms with E-state index in [-0.39, 0.29) is 6.10 Å². The van der Waals surface area contributed by atoms with E-state index in [1.165, 1.54) is 12.8 Å². The van der Waals surface area contributed by atoms with E-state index < -0.39 is 5.79 Å². The Kier molecular flexibility index (Phi) is 5.00. The van der Waals surface area contributed by atoms with E-state index in [1.807, 2.05) is 0 Å². The minimum atomic E-state index is -0.662. The number of ether oxygens (including phenoxy) is 3. The SMILES string of the molecule is C=N/C(NCC1CC1)=C(\C=C1/CN=C(O[C@@]23CCO[C@@H]2CCO3)N1)CC. The van der Waals surface area contributed by atoms with Gasteiger partial charge in [0.05, 0.1) is 19.8 Å². The third-order valence-electron chi connectivity index (χ3n) is 5.36. The van der Waals surface area contributed by atoms with Crippen LogP contribution in [0, 0.1) is 5.92 Å². The highest BCUT2D eigenvalue weighted by molar-refractivity contribution is 5.79. The van der Waals surface area contributed by atoms with E-state index in [0.717, 1.165) is 48.8 Å². The van der Waals surface area contributed by atoms with Crippen molar-refractivity contribution in [1.29, 1.82) is 0 Å². The van der Waals surface area contributed by atoms with Crippen LogP contribution >= 0.6 is 0 Å². The molecule has 4 rings (SSSR count). The van der Waals surface area contributed by atoms with Crippen molar-refractivity contribution in [2.45, 2.75) is 50.9 Å². The molecule has 4 aliphatic rings. The van der Waals surface area contributed by atoms with Crippen molar-refractivity contribution in [2.24, 2.45) is 15.9 Å². The Labute approximate surface area is 154 Å². The lowest BCUT2D eigenvalue weighted by Crippen LogP contribution is -2.42.